The number of allylic oxidation sites excluding steroid dienone is 2. The Hall–Kier alpha value is -0.950. The lowest BCUT2D eigenvalue weighted by Crippen LogP contribution is -2.53. The highest BCUT2D eigenvalue weighted by Gasteiger charge is 2.28. The van der Waals surface area contributed by atoms with Gasteiger partial charge in [-0.25, -0.2) is 0 Å². The summed E-state index contributed by atoms with van der Waals surface area (Å²) in [7, 11) is 0. The zero-order valence-corrected chi connectivity index (χ0v) is 36.9. The Morgan fingerprint density at radius 1 is 0.436 bits per heavy atom. The normalized spacial score (nSPS) is 14.1. The maximum absolute atomic E-state index is 12.5. The van der Waals surface area contributed by atoms with Crippen LogP contribution < -0.4 is 5.32 Å². The molecule has 6 nitrogen and oxygen atoms in total. The predicted molar refractivity (Wildman–Crippen MR) is 238 cm³/mol. The van der Waals surface area contributed by atoms with Gasteiger partial charge in [-0.2, -0.15) is 0 Å². The number of rotatable bonds is 45. The minimum absolute atomic E-state index is 0.356. The number of hydrogen-bond acceptors (Lipinski definition) is 5. The molecule has 4 atom stereocenters. The average Bonchev–Trinajstić information content (AvgIpc) is 3.19. The molecule has 55 heavy (non-hydrogen) atoms. The lowest BCUT2D eigenvalue weighted by atomic mass is 9.99. The molecule has 0 spiro atoms. The minimum atomic E-state index is -1.26. The van der Waals surface area contributed by atoms with Crippen LogP contribution in [0.4, 0.5) is 0 Å². The topological polar surface area (TPSA) is 110 Å². The number of nitrogens with one attached hydrogen (secondary N) is 1. The molecule has 0 aromatic heterocycles. The second-order valence-electron chi connectivity index (χ2n) is 17.2. The minimum Gasteiger partial charge on any atom is -0.394 e. The average molecular weight is 780 g/mol. The van der Waals surface area contributed by atoms with Gasteiger partial charge in [-0.3, -0.25) is 4.79 Å². The quantitative estimate of drug-likeness (QED) is 0.0312. The summed E-state index contributed by atoms with van der Waals surface area (Å²) in [5, 5.41) is 43.7. The largest absolute Gasteiger partial charge is 0.394 e. The van der Waals surface area contributed by atoms with E-state index in [0.717, 1.165) is 57.8 Å². The number of hydrogen-bond donors (Lipinski definition) is 5. The van der Waals surface area contributed by atoms with E-state index < -0.39 is 36.9 Å². The summed E-state index contributed by atoms with van der Waals surface area (Å²) in [4.78, 5) is 12.5. The van der Waals surface area contributed by atoms with Crippen LogP contribution in [0, 0.1) is 0 Å². The summed E-state index contributed by atoms with van der Waals surface area (Å²) >= 11 is 0. The first-order chi connectivity index (χ1) is 27.0. The van der Waals surface area contributed by atoms with Gasteiger partial charge < -0.3 is 25.7 Å². The summed E-state index contributed by atoms with van der Waals surface area (Å²) in [5.41, 5.74) is 0. The third-order valence-corrected chi connectivity index (χ3v) is 11.7. The first-order valence-electron chi connectivity index (χ1n) is 24.6. The Morgan fingerprint density at radius 2 is 0.727 bits per heavy atom. The van der Waals surface area contributed by atoms with Crippen LogP contribution in [0.3, 0.4) is 0 Å². The summed E-state index contributed by atoms with van der Waals surface area (Å²) in [6.07, 6.45) is 49.9. The molecule has 6 heteroatoms. The van der Waals surface area contributed by atoms with E-state index >= 15 is 0 Å². The maximum atomic E-state index is 12.5. The number of amides is 1. The van der Waals surface area contributed by atoms with E-state index in [1.54, 1.807) is 0 Å². The van der Waals surface area contributed by atoms with Crippen molar-refractivity contribution in [2.24, 2.45) is 0 Å². The van der Waals surface area contributed by atoms with E-state index in [-0.39, 0.29) is 0 Å². The van der Waals surface area contributed by atoms with Crippen molar-refractivity contribution in [2.75, 3.05) is 6.61 Å². The number of aliphatic hydroxyl groups excluding tert-OH is 4. The SMILES string of the molecule is CCCCC/C=C\CCCCCCC(O)C(=O)NC(CO)C(O)C(O)CCCCCCCCCCCCCCCCCCCCCCCCCCCCCC. The third kappa shape index (κ3) is 38.3. The molecule has 0 aromatic carbocycles. The van der Waals surface area contributed by atoms with Crippen molar-refractivity contribution in [3.8, 4) is 0 Å². The van der Waals surface area contributed by atoms with Gasteiger partial charge in [0.05, 0.1) is 18.8 Å². The Bertz CT molecular complexity index is 791. The van der Waals surface area contributed by atoms with Gasteiger partial charge in [-0.15, -0.1) is 0 Å². The van der Waals surface area contributed by atoms with Gasteiger partial charge in [0.15, 0.2) is 0 Å². The van der Waals surface area contributed by atoms with E-state index in [9.17, 15) is 25.2 Å². The molecule has 0 radical (unpaired) electrons. The van der Waals surface area contributed by atoms with Crippen LogP contribution in [0.5, 0.6) is 0 Å². The third-order valence-electron chi connectivity index (χ3n) is 11.7. The molecular weight excluding hydrogens is 683 g/mol. The number of carbonyl (C=O) groups excluding carboxylic acids is 1. The Balaban J connectivity index is 3.57. The van der Waals surface area contributed by atoms with Gasteiger partial charge in [0.1, 0.15) is 12.2 Å². The number of aliphatic hydroxyl groups is 4. The monoisotopic (exact) mass is 780 g/mol. The van der Waals surface area contributed by atoms with Crippen LogP contribution in [-0.4, -0.2) is 57.3 Å². The molecule has 0 aliphatic rings. The molecule has 1 amide bonds. The van der Waals surface area contributed by atoms with Crippen LogP contribution >= 0.6 is 0 Å². The zero-order chi connectivity index (χ0) is 40.3. The summed E-state index contributed by atoms with van der Waals surface area (Å²) in [6.45, 7) is 4.03. The van der Waals surface area contributed by atoms with Crippen molar-refractivity contribution < 1.29 is 25.2 Å². The second kappa shape index (κ2) is 44.2. The van der Waals surface area contributed by atoms with Gasteiger partial charge in [0.2, 0.25) is 5.91 Å². The fourth-order valence-corrected chi connectivity index (χ4v) is 7.81. The maximum Gasteiger partial charge on any atom is 0.249 e. The number of carbonyl (C=O) groups is 1. The van der Waals surface area contributed by atoms with Crippen molar-refractivity contribution in [2.45, 2.75) is 289 Å². The van der Waals surface area contributed by atoms with Gasteiger partial charge in [0, 0.05) is 0 Å². The van der Waals surface area contributed by atoms with E-state index in [1.807, 2.05) is 0 Å². The number of unbranched alkanes of at least 4 members (excludes halogenated alkanes) is 34. The molecule has 0 heterocycles. The summed E-state index contributed by atoms with van der Waals surface area (Å²) < 4.78 is 0. The highest BCUT2D eigenvalue weighted by molar-refractivity contribution is 5.80. The van der Waals surface area contributed by atoms with Gasteiger partial charge in [0.25, 0.3) is 0 Å². The molecule has 5 N–H and O–H groups in total. The van der Waals surface area contributed by atoms with Crippen molar-refractivity contribution in [1.29, 1.82) is 0 Å². The van der Waals surface area contributed by atoms with E-state index in [2.05, 4.69) is 31.3 Å². The molecule has 328 valence electrons. The standard InChI is InChI=1S/C49H97NO5/c1-3-5-7-9-11-13-15-16-17-18-19-20-21-22-23-24-25-26-27-28-29-30-31-33-34-36-38-40-42-46(52)48(54)45(44-51)50-49(55)47(53)43-41-39-37-35-32-14-12-10-8-6-4-2/h12,14,45-48,51-54H,3-11,13,15-44H2,1-2H3,(H,50,55)/b14-12-. The first kappa shape index (κ1) is 54.0. The van der Waals surface area contributed by atoms with Crippen LogP contribution in [0.1, 0.15) is 264 Å². The van der Waals surface area contributed by atoms with Crippen LogP contribution in [0.25, 0.3) is 0 Å². The molecule has 0 aromatic rings. The highest BCUT2D eigenvalue weighted by atomic mass is 16.3. The van der Waals surface area contributed by atoms with Crippen molar-refractivity contribution in [3.63, 3.8) is 0 Å². The second-order valence-corrected chi connectivity index (χ2v) is 17.2. The summed E-state index contributed by atoms with van der Waals surface area (Å²) in [6, 6.07) is -0.986. The Morgan fingerprint density at radius 3 is 1.09 bits per heavy atom. The highest BCUT2D eigenvalue weighted by Crippen LogP contribution is 2.18. The van der Waals surface area contributed by atoms with Gasteiger partial charge in [-0.1, -0.05) is 238 Å². The Kier molecular flexibility index (Phi) is 43.4. The molecule has 0 saturated carbocycles. The smallest absolute Gasteiger partial charge is 0.249 e. The van der Waals surface area contributed by atoms with E-state index in [0.29, 0.717) is 12.8 Å². The molecule has 0 saturated heterocycles. The van der Waals surface area contributed by atoms with Gasteiger partial charge >= 0.3 is 0 Å². The van der Waals surface area contributed by atoms with E-state index in [1.165, 1.54) is 180 Å². The first-order valence-corrected chi connectivity index (χ1v) is 24.6. The van der Waals surface area contributed by atoms with Crippen LogP contribution in [0.15, 0.2) is 12.2 Å². The van der Waals surface area contributed by atoms with E-state index in [4.69, 9.17) is 0 Å². The van der Waals surface area contributed by atoms with Crippen molar-refractivity contribution in [1.82, 2.24) is 5.32 Å². The van der Waals surface area contributed by atoms with Crippen molar-refractivity contribution in [3.05, 3.63) is 12.2 Å². The lowest BCUT2D eigenvalue weighted by Gasteiger charge is -2.27. The molecule has 0 fully saturated rings. The fourth-order valence-electron chi connectivity index (χ4n) is 7.81. The molecule has 0 aliphatic heterocycles. The van der Waals surface area contributed by atoms with Gasteiger partial charge in [-0.05, 0) is 38.5 Å². The molecule has 0 aliphatic carbocycles. The molecular formula is C49H97NO5. The molecule has 4 unspecified atom stereocenters. The molecule has 0 rings (SSSR count). The predicted octanol–water partition coefficient (Wildman–Crippen LogP) is 13.4. The van der Waals surface area contributed by atoms with Crippen molar-refractivity contribution >= 4 is 5.91 Å². The fraction of sp³-hybridized carbons (Fsp3) is 0.939. The van der Waals surface area contributed by atoms with Crippen LogP contribution in [-0.2, 0) is 4.79 Å². The zero-order valence-electron chi connectivity index (χ0n) is 36.9. The van der Waals surface area contributed by atoms with Crippen LogP contribution in [0.2, 0.25) is 0 Å². The lowest BCUT2D eigenvalue weighted by molar-refractivity contribution is -0.132. The molecule has 0 bridgehead atoms. The summed E-state index contributed by atoms with van der Waals surface area (Å²) in [5.74, 6) is -0.592. The Labute approximate surface area is 342 Å².